The number of hydrogen-bond acceptors (Lipinski definition) is 5. The van der Waals surface area contributed by atoms with Crippen LogP contribution in [-0.2, 0) is 9.59 Å². The largest absolute Gasteiger partial charge is 0.507 e. The smallest absolute Gasteiger partial charge is 0.300 e. The van der Waals surface area contributed by atoms with E-state index in [1.807, 2.05) is 26.0 Å². The Morgan fingerprint density at radius 2 is 1.58 bits per heavy atom. The van der Waals surface area contributed by atoms with Crippen molar-refractivity contribution in [2.45, 2.75) is 32.7 Å². The fourth-order valence-corrected chi connectivity index (χ4v) is 5.02. The van der Waals surface area contributed by atoms with Crippen LogP contribution in [0.1, 0.15) is 43.9 Å². The van der Waals surface area contributed by atoms with E-state index in [2.05, 4.69) is 4.90 Å². The molecule has 7 heteroatoms. The fraction of sp³-hybridized carbons (Fsp3) is 0.290. The molecule has 5 rings (SSSR count). The van der Waals surface area contributed by atoms with Crippen LogP contribution in [-0.4, -0.2) is 36.5 Å². The van der Waals surface area contributed by atoms with Crippen LogP contribution in [0.5, 0.6) is 5.75 Å². The maximum Gasteiger partial charge on any atom is 0.300 e. The average Bonchev–Trinajstić information content (AvgIpc) is 3.55. The molecule has 2 saturated heterocycles. The summed E-state index contributed by atoms with van der Waals surface area (Å²) in [7, 11) is 0. The highest BCUT2D eigenvalue weighted by atomic mass is 19.1. The number of carbonyl (C=O) groups excluding carboxylic acids is 2. The van der Waals surface area contributed by atoms with Gasteiger partial charge in [0.15, 0.2) is 0 Å². The van der Waals surface area contributed by atoms with E-state index < -0.39 is 23.5 Å². The van der Waals surface area contributed by atoms with Crippen molar-refractivity contribution in [3.8, 4) is 5.75 Å². The molecule has 0 aliphatic carbocycles. The van der Waals surface area contributed by atoms with E-state index in [4.69, 9.17) is 4.74 Å². The summed E-state index contributed by atoms with van der Waals surface area (Å²) >= 11 is 0. The van der Waals surface area contributed by atoms with Gasteiger partial charge in [-0.2, -0.15) is 0 Å². The molecule has 0 bridgehead atoms. The number of rotatable bonds is 7. The standard InChI is InChI=1S/C31H31FN2O4/c1-20(2)19-38-24-15-9-21(10-16-24)29(35)27-28(25-7-3-4-8-26(25)32)34(31(37)30(27)36)23-13-11-22(12-14-23)33-17-5-6-18-33/h3-4,7-16,20,28,35H,5-6,17-19H2,1-2H3/b29-27+. The number of amides is 1. The van der Waals surface area contributed by atoms with Gasteiger partial charge in [-0.15, -0.1) is 0 Å². The second-order valence-electron chi connectivity index (χ2n) is 10.1. The number of aliphatic hydroxyl groups is 1. The number of benzene rings is 3. The summed E-state index contributed by atoms with van der Waals surface area (Å²) in [6.07, 6.45) is 2.27. The Balaban J connectivity index is 1.56. The summed E-state index contributed by atoms with van der Waals surface area (Å²) in [5.74, 6) is -1.63. The first-order valence-electron chi connectivity index (χ1n) is 13.0. The van der Waals surface area contributed by atoms with E-state index in [9.17, 15) is 14.7 Å². The third kappa shape index (κ3) is 4.88. The number of ether oxygens (including phenoxy) is 1. The highest BCUT2D eigenvalue weighted by Crippen LogP contribution is 2.43. The van der Waals surface area contributed by atoms with Crippen LogP contribution in [0.4, 0.5) is 15.8 Å². The van der Waals surface area contributed by atoms with Crippen LogP contribution in [0.2, 0.25) is 0 Å². The van der Waals surface area contributed by atoms with Gasteiger partial charge in [-0.1, -0.05) is 32.0 Å². The van der Waals surface area contributed by atoms with Gasteiger partial charge in [0.25, 0.3) is 11.7 Å². The maximum absolute atomic E-state index is 15.1. The predicted octanol–water partition coefficient (Wildman–Crippen LogP) is 6.09. The van der Waals surface area contributed by atoms with Gasteiger partial charge < -0.3 is 14.7 Å². The summed E-state index contributed by atoms with van der Waals surface area (Å²) in [6, 6.07) is 18.9. The molecule has 0 aromatic heterocycles. The van der Waals surface area contributed by atoms with Crippen molar-refractivity contribution in [1.82, 2.24) is 0 Å². The van der Waals surface area contributed by atoms with E-state index in [-0.39, 0.29) is 16.9 Å². The average molecular weight is 515 g/mol. The van der Waals surface area contributed by atoms with E-state index >= 15 is 4.39 Å². The van der Waals surface area contributed by atoms with Gasteiger partial charge in [0, 0.05) is 35.6 Å². The molecule has 1 amide bonds. The Bertz CT molecular complexity index is 1360. The minimum Gasteiger partial charge on any atom is -0.507 e. The molecule has 2 heterocycles. The molecule has 3 aromatic rings. The van der Waals surface area contributed by atoms with Gasteiger partial charge in [-0.25, -0.2) is 4.39 Å². The molecule has 1 unspecified atom stereocenters. The Kier molecular flexibility index (Phi) is 7.18. The molecule has 3 aromatic carbocycles. The van der Waals surface area contributed by atoms with Gasteiger partial charge >= 0.3 is 0 Å². The molecule has 196 valence electrons. The molecule has 0 radical (unpaired) electrons. The molecule has 2 fully saturated rings. The lowest BCUT2D eigenvalue weighted by Crippen LogP contribution is -2.30. The van der Waals surface area contributed by atoms with Crippen molar-refractivity contribution in [3.05, 3.63) is 95.3 Å². The van der Waals surface area contributed by atoms with E-state index in [1.54, 1.807) is 48.5 Å². The number of Topliss-reactive ketones (excluding diaryl/α,β-unsaturated/α-hetero) is 1. The number of halogens is 1. The van der Waals surface area contributed by atoms with Crippen molar-refractivity contribution >= 4 is 28.8 Å². The minimum atomic E-state index is -1.12. The fourth-order valence-electron chi connectivity index (χ4n) is 5.02. The molecule has 0 spiro atoms. The lowest BCUT2D eigenvalue weighted by molar-refractivity contribution is -0.132. The monoisotopic (exact) mass is 514 g/mol. The van der Waals surface area contributed by atoms with Crippen molar-refractivity contribution in [2.75, 3.05) is 29.5 Å². The number of carbonyl (C=O) groups is 2. The molecule has 6 nitrogen and oxygen atoms in total. The summed E-state index contributed by atoms with van der Waals surface area (Å²) in [5.41, 5.74) is 1.81. The predicted molar refractivity (Wildman–Crippen MR) is 146 cm³/mol. The van der Waals surface area contributed by atoms with Crippen LogP contribution in [0.25, 0.3) is 5.76 Å². The number of aliphatic hydroxyl groups excluding tert-OH is 1. The lowest BCUT2D eigenvalue weighted by Gasteiger charge is -2.26. The Labute approximate surface area is 222 Å². The second-order valence-corrected chi connectivity index (χ2v) is 10.1. The van der Waals surface area contributed by atoms with Crippen molar-refractivity contribution in [1.29, 1.82) is 0 Å². The second kappa shape index (κ2) is 10.7. The van der Waals surface area contributed by atoms with Crippen molar-refractivity contribution < 1.29 is 23.8 Å². The van der Waals surface area contributed by atoms with Crippen LogP contribution in [0.3, 0.4) is 0 Å². The minimum absolute atomic E-state index is 0.133. The summed E-state index contributed by atoms with van der Waals surface area (Å²) < 4.78 is 20.8. The first-order chi connectivity index (χ1) is 18.3. The van der Waals surface area contributed by atoms with Gasteiger partial charge in [0.05, 0.1) is 18.2 Å². The number of nitrogens with zero attached hydrogens (tertiary/aromatic N) is 2. The quantitative estimate of drug-likeness (QED) is 0.235. The summed E-state index contributed by atoms with van der Waals surface area (Å²) in [4.78, 5) is 30.3. The van der Waals surface area contributed by atoms with E-state index in [1.165, 1.54) is 17.0 Å². The van der Waals surface area contributed by atoms with Gasteiger partial charge in [0.2, 0.25) is 0 Å². The highest BCUT2D eigenvalue weighted by molar-refractivity contribution is 6.51. The molecule has 2 aliphatic rings. The molecular formula is C31H31FN2O4. The van der Waals surface area contributed by atoms with Crippen LogP contribution >= 0.6 is 0 Å². The first-order valence-corrected chi connectivity index (χ1v) is 13.0. The van der Waals surface area contributed by atoms with Crippen LogP contribution < -0.4 is 14.5 Å². The zero-order chi connectivity index (χ0) is 26.8. The number of hydrogen-bond donors (Lipinski definition) is 1. The molecule has 1 atom stereocenters. The first kappa shape index (κ1) is 25.5. The van der Waals surface area contributed by atoms with Gasteiger partial charge in [-0.05, 0) is 73.4 Å². The summed E-state index contributed by atoms with van der Waals surface area (Å²) in [6.45, 7) is 6.57. The number of anilines is 2. The highest BCUT2D eigenvalue weighted by Gasteiger charge is 2.47. The molecule has 38 heavy (non-hydrogen) atoms. The van der Waals surface area contributed by atoms with Gasteiger partial charge in [0.1, 0.15) is 17.3 Å². The van der Waals surface area contributed by atoms with Crippen molar-refractivity contribution in [3.63, 3.8) is 0 Å². The summed E-state index contributed by atoms with van der Waals surface area (Å²) in [5, 5.41) is 11.3. The van der Waals surface area contributed by atoms with Crippen LogP contribution in [0, 0.1) is 11.7 Å². The normalized spacial score (nSPS) is 19.0. The Morgan fingerprint density at radius 3 is 2.21 bits per heavy atom. The third-order valence-corrected chi connectivity index (χ3v) is 6.95. The Morgan fingerprint density at radius 1 is 0.947 bits per heavy atom. The molecule has 2 aliphatic heterocycles. The van der Waals surface area contributed by atoms with Crippen molar-refractivity contribution in [2.24, 2.45) is 5.92 Å². The topological polar surface area (TPSA) is 70.1 Å². The van der Waals surface area contributed by atoms with E-state index in [0.29, 0.717) is 29.5 Å². The molecular weight excluding hydrogens is 483 g/mol. The number of ketones is 1. The lowest BCUT2D eigenvalue weighted by atomic mass is 9.94. The van der Waals surface area contributed by atoms with Crippen LogP contribution in [0.15, 0.2) is 78.4 Å². The molecule has 0 saturated carbocycles. The van der Waals surface area contributed by atoms with Gasteiger partial charge in [-0.3, -0.25) is 14.5 Å². The maximum atomic E-state index is 15.1. The zero-order valence-corrected chi connectivity index (χ0v) is 21.6. The zero-order valence-electron chi connectivity index (χ0n) is 21.6. The third-order valence-electron chi connectivity index (χ3n) is 6.95. The Hall–Kier alpha value is -4.13. The molecule has 1 N–H and O–H groups in total. The van der Waals surface area contributed by atoms with E-state index in [0.717, 1.165) is 31.6 Å². The SMILES string of the molecule is CC(C)COc1ccc(/C(O)=C2\C(=O)C(=O)N(c3ccc(N4CCCC4)cc3)C2c2ccccc2F)cc1.